The van der Waals surface area contributed by atoms with Crippen molar-refractivity contribution >= 4 is 23.2 Å². The standard InChI is InChI=1S/C15H16N2O3S/c1-10(2)20-12-7-5-11(6-8-12)14(18)16-17-15(19)13-4-3-9-21-13/h3-10H,1-2H3,(H,16,18)(H,17,19). The molecule has 0 unspecified atom stereocenters. The Hall–Kier alpha value is -2.34. The van der Waals surface area contributed by atoms with Gasteiger partial charge in [0.1, 0.15) is 5.75 Å². The maximum atomic E-state index is 11.9. The van der Waals surface area contributed by atoms with Crippen molar-refractivity contribution in [2.45, 2.75) is 20.0 Å². The molecular weight excluding hydrogens is 288 g/mol. The highest BCUT2D eigenvalue weighted by Crippen LogP contribution is 2.13. The molecule has 0 fully saturated rings. The van der Waals surface area contributed by atoms with Crippen molar-refractivity contribution in [3.63, 3.8) is 0 Å². The molecule has 0 aliphatic carbocycles. The van der Waals surface area contributed by atoms with Crippen LogP contribution in [0.3, 0.4) is 0 Å². The fraction of sp³-hybridized carbons (Fsp3) is 0.200. The summed E-state index contributed by atoms with van der Waals surface area (Å²) in [5.74, 6) is -0.0155. The van der Waals surface area contributed by atoms with Gasteiger partial charge in [0.2, 0.25) is 0 Å². The Kier molecular flexibility index (Phi) is 4.94. The van der Waals surface area contributed by atoms with E-state index in [9.17, 15) is 9.59 Å². The first kappa shape index (κ1) is 15.1. The topological polar surface area (TPSA) is 67.4 Å². The molecule has 0 aliphatic rings. The molecule has 2 amide bonds. The lowest BCUT2D eigenvalue weighted by molar-refractivity contribution is 0.0849. The SMILES string of the molecule is CC(C)Oc1ccc(C(=O)NNC(=O)c2cccs2)cc1. The minimum Gasteiger partial charge on any atom is -0.491 e. The number of thiophene rings is 1. The summed E-state index contributed by atoms with van der Waals surface area (Å²) >= 11 is 1.31. The van der Waals surface area contributed by atoms with Gasteiger partial charge in [-0.25, -0.2) is 0 Å². The van der Waals surface area contributed by atoms with Crippen molar-refractivity contribution in [2.75, 3.05) is 0 Å². The van der Waals surface area contributed by atoms with Gasteiger partial charge in [0.25, 0.3) is 11.8 Å². The number of ether oxygens (including phenoxy) is 1. The maximum Gasteiger partial charge on any atom is 0.279 e. The molecule has 0 radical (unpaired) electrons. The number of carbonyl (C=O) groups excluding carboxylic acids is 2. The van der Waals surface area contributed by atoms with Gasteiger partial charge in [-0.15, -0.1) is 11.3 Å². The fourth-order valence-electron chi connectivity index (χ4n) is 1.61. The second-order valence-corrected chi connectivity index (χ2v) is 5.52. The largest absolute Gasteiger partial charge is 0.491 e. The highest BCUT2D eigenvalue weighted by molar-refractivity contribution is 7.12. The van der Waals surface area contributed by atoms with Crippen LogP contribution >= 0.6 is 11.3 Å². The number of nitrogens with one attached hydrogen (secondary N) is 2. The van der Waals surface area contributed by atoms with Crippen molar-refractivity contribution in [1.82, 2.24) is 10.9 Å². The van der Waals surface area contributed by atoms with E-state index < -0.39 is 0 Å². The number of hydrazine groups is 1. The molecule has 2 rings (SSSR count). The Bertz CT molecular complexity index is 606. The summed E-state index contributed by atoms with van der Waals surface area (Å²) in [6.45, 7) is 3.86. The molecule has 6 heteroatoms. The average molecular weight is 304 g/mol. The van der Waals surface area contributed by atoms with E-state index in [0.29, 0.717) is 16.2 Å². The lowest BCUT2D eigenvalue weighted by Crippen LogP contribution is -2.41. The Morgan fingerprint density at radius 2 is 1.71 bits per heavy atom. The fourth-order valence-corrected chi connectivity index (χ4v) is 2.23. The number of hydrogen-bond acceptors (Lipinski definition) is 4. The van der Waals surface area contributed by atoms with Crippen LogP contribution in [-0.2, 0) is 0 Å². The van der Waals surface area contributed by atoms with Crippen molar-refractivity contribution in [3.8, 4) is 5.75 Å². The minimum absolute atomic E-state index is 0.0785. The molecule has 1 heterocycles. The summed E-state index contributed by atoms with van der Waals surface area (Å²) in [4.78, 5) is 24.1. The van der Waals surface area contributed by atoms with Crippen LogP contribution in [0.4, 0.5) is 0 Å². The van der Waals surface area contributed by atoms with E-state index in [1.165, 1.54) is 11.3 Å². The highest BCUT2D eigenvalue weighted by Gasteiger charge is 2.09. The van der Waals surface area contributed by atoms with Crippen LogP contribution in [0.1, 0.15) is 33.9 Å². The Morgan fingerprint density at radius 1 is 1.05 bits per heavy atom. The van der Waals surface area contributed by atoms with Gasteiger partial charge >= 0.3 is 0 Å². The highest BCUT2D eigenvalue weighted by atomic mass is 32.1. The number of benzene rings is 1. The van der Waals surface area contributed by atoms with Crippen LogP contribution in [0.15, 0.2) is 41.8 Å². The van der Waals surface area contributed by atoms with Crippen molar-refractivity contribution in [3.05, 3.63) is 52.2 Å². The molecule has 21 heavy (non-hydrogen) atoms. The van der Waals surface area contributed by atoms with E-state index in [4.69, 9.17) is 4.74 Å². The van der Waals surface area contributed by atoms with Crippen LogP contribution in [-0.4, -0.2) is 17.9 Å². The molecular formula is C15H16N2O3S. The maximum absolute atomic E-state index is 11.9. The molecule has 1 aromatic carbocycles. The van der Waals surface area contributed by atoms with Crippen molar-refractivity contribution in [2.24, 2.45) is 0 Å². The minimum atomic E-state index is -0.379. The van der Waals surface area contributed by atoms with Crippen LogP contribution in [0.2, 0.25) is 0 Å². The predicted octanol–water partition coefficient (Wildman–Crippen LogP) is 2.61. The smallest absolute Gasteiger partial charge is 0.279 e. The van der Waals surface area contributed by atoms with Gasteiger partial charge in [0, 0.05) is 5.56 Å². The van der Waals surface area contributed by atoms with Gasteiger partial charge < -0.3 is 4.74 Å². The van der Waals surface area contributed by atoms with E-state index in [2.05, 4.69) is 10.9 Å². The summed E-state index contributed by atoms with van der Waals surface area (Å²) in [5, 5.41) is 1.80. The normalized spacial score (nSPS) is 10.2. The first-order chi connectivity index (χ1) is 10.1. The van der Waals surface area contributed by atoms with Crippen LogP contribution in [0.25, 0.3) is 0 Å². The third kappa shape index (κ3) is 4.32. The number of rotatable bonds is 4. The number of carbonyl (C=O) groups is 2. The first-order valence-electron chi connectivity index (χ1n) is 6.47. The Morgan fingerprint density at radius 3 is 2.29 bits per heavy atom. The molecule has 110 valence electrons. The molecule has 1 aromatic heterocycles. The van der Waals surface area contributed by atoms with E-state index in [1.54, 1.807) is 41.8 Å². The monoisotopic (exact) mass is 304 g/mol. The molecule has 0 saturated heterocycles. The zero-order valence-electron chi connectivity index (χ0n) is 11.8. The van der Waals surface area contributed by atoms with Gasteiger partial charge in [-0.3, -0.25) is 20.4 Å². The molecule has 0 bridgehead atoms. The third-order valence-corrected chi connectivity index (χ3v) is 3.39. The van der Waals surface area contributed by atoms with E-state index >= 15 is 0 Å². The zero-order chi connectivity index (χ0) is 15.2. The second kappa shape index (κ2) is 6.90. The molecule has 0 spiro atoms. The summed E-state index contributed by atoms with van der Waals surface area (Å²) in [5.41, 5.74) is 5.19. The van der Waals surface area contributed by atoms with Gasteiger partial charge in [-0.2, -0.15) is 0 Å². The van der Waals surface area contributed by atoms with E-state index in [0.717, 1.165) is 0 Å². The predicted molar refractivity (Wildman–Crippen MR) is 81.5 cm³/mol. The van der Waals surface area contributed by atoms with Crippen LogP contribution in [0.5, 0.6) is 5.75 Å². The quantitative estimate of drug-likeness (QED) is 0.853. The first-order valence-corrected chi connectivity index (χ1v) is 7.35. The Balaban J connectivity index is 1.90. The van der Waals surface area contributed by atoms with Gasteiger partial charge in [0.15, 0.2) is 0 Å². The molecule has 0 saturated carbocycles. The molecule has 5 nitrogen and oxygen atoms in total. The third-order valence-electron chi connectivity index (χ3n) is 2.52. The summed E-state index contributed by atoms with van der Waals surface area (Å²) in [6, 6.07) is 10.2. The summed E-state index contributed by atoms with van der Waals surface area (Å²) < 4.78 is 5.50. The molecule has 0 atom stereocenters. The second-order valence-electron chi connectivity index (χ2n) is 4.58. The Labute approximate surface area is 126 Å². The van der Waals surface area contributed by atoms with Gasteiger partial charge in [-0.1, -0.05) is 6.07 Å². The van der Waals surface area contributed by atoms with Crippen LogP contribution in [0, 0.1) is 0 Å². The number of hydrogen-bond donors (Lipinski definition) is 2. The lowest BCUT2D eigenvalue weighted by atomic mass is 10.2. The molecule has 0 aliphatic heterocycles. The van der Waals surface area contributed by atoms with E-state index in [-0.39, 0.29) is 17.9 Å². The average Bonchev–Trinajstić information content (AvgIpc) is 2.99. The van der Waals surface area contributed by atoms with Crippen LogP contribution < -0.4 is 15.6 Å². The van der Waals surface area contributed by atoms with Gasteiger partial charge in [0.05, 0.1) is 11.0 Å². The van der Waals surface area contributed by atoms with Crippen molar-refractivity contribution < 1.29 is 14.3 Å². The van der Waals surface area contributed by atoms with Crippen molar-refractivity contribution in [1.29, 1.82) is 0 Å². The summed E-state index contributed by atoms with van der Waals surface area (Å²) in [6.07, 6.45) is 0.0785. The lowest BCUT2D eigenvalue weighted by Gasteiger charge is -2.10. The molecule has 2 aromatic rings. The van der Waals surface area contributed by atoms with Gasteiger partial charge in [-0.05, 0) is 49.6 Å². The zero-order valence-corrected chi connectivity index (χ0v) is 12.6. The van der Waals surface area contributed by atoms with E-state index in [1.807, 2.05) is 13.8 Å². The number of amides is 2. The summed E-state index contributed by atoms with van der Waals surface area (Å²) in [7, 11) is 0. The molecule has 2 N–H and O–H groups in total.